The van der Waals surface area contributed by atoms with Crippen molar-refractivity contribution in [2.45, 2.75) is 25.2 Å². The van der Waals surface area contributed by atoms with Gasteiger partial charge in [-0.1, -0.05) is 6.58 Å². The molecule has 0 atom stereocenters. The van der Waals surface area contributed by atoms with Gasteiger partial charge < -0.3 is 0 Å². The number of hydrogen-bond donors (Lipinski definition) is 0. The Morgan fingerprint density at radius 3 is 2.85 bits per heavy atom. The second-order valence-electron chi connectivity index (χ2n) is 3.53. The topological polar surface area (TPSA) is 34.9 Å². The van der Waals surface area contributed by atoms with Crippen LogP contribution in [0.5, 0.6) is 0 Å². The Kier molecular flexibility index (Phi) is 1.62. The molecule has 0 aromatic carbocycles. The summed E-state index contributed by atoms with van der Waals surface area (Å²) >= 11 is 0. The van der Waals surface area contributed by atoms with E-state index < -0.39 is 0 Å². The van der Waals surface area contributed by atoms with Crippen LogP contribution in [-0.4, -0.2) is 15.6 Å². The molecule has 0 N–H and O–H groups in total. The van der Waals surface area contributed by atoms with Crippen molar-refractivity contribution >= 4 is 12.0 Å². The van der Waals surface area contributed by atoms with Crippen LogP contribution < -0.4 is 0 Å². The lowest BCUT2D eigenvalue weighted by molar-refractivity contribution is -0.119. The Morgan fingerprint density at radius 2 is 2.46 bits per heavy atom. The highest BCUT2D eigenvalue weighted by molar-refractivity contribution is 5.90. The summed E-state index contributed by atoms with van der Waals surface area (Å²) in [5.41, 5.74) is 0.821. The highest BCUT2D eigenvalue weighted by Gasteiger charge is 2.49. The van der Waals surface area contributed by atoms with Crippen molar-refractivity contribution in [3.05, 3.63) is 24.5 Å². The summed E-state index contributed by atoms with van der Waals surface area (Å²) < 4.78 is 1.64. The van der Waals surface area contributed by atoms with Gasteiger partial charge in [-0.15, -0.1) is 0 Å². The van der Waals surface area contributed by atoms with Crippen molar-refractivity contribution < 1.29 is 4.79 Å². The van der Waals surface area contributed by atoms with Gasteiger partial charge in [0.2, 0.25) is 0 Å². The first kappa shape index (κ1) is 8.23. The maximum Gasteiger partial charge on any atom is 0.140 e. The summed E-state index contributed by atoms with van der Waals surface area (Å²) in [6.45, 7) is 5.26. The number of ketones is 1. The summed E-state index contributed by atoms with van der Waals surface area (Å²) in [6, 6.07) is 0. The van der Waals surface area contributed by atoms with Gasteiger partial charge >= 0.3 is 0 Å². The van der Waals surface area contributed by atoms with Crippen molar-refractivity contribution in [2.24, 2.45) is 0 Å². The molecule has 1 heterocycles. The molecule has 3 heteroatoms. The van der Waals surface area contributed by atoms with E-state index in [1.165, 1.54) is 0 Å². The van der Waals surface area contributed by atoms with Crippen molar-refractivity contribution in [1.82, 2.24) is 9.78 Å². The zero-order valence-corrected chi connectivity index (χ0v) is 7.66. The summed E-state index contributed by atoms with van der Waals surface area (Å²) in [4.78, 5) is 11.4. The molecule has 1 saturated carbocycles. The average molecular weight is 176 g/mol. The number of carbonyl (C=O) groups is 1. The number of hydrogen-bond acceptors (Lipinski definition) is 2. The minimum absolute atomic E-state index is 0.207. The fraction of sp³-hybridized carbons (Fsp3) is 0.400. The van der Waals surface area contributed by atoms with E-state index in [0.29, 0.717) is 0 Å². The van der Waals surface area contributed by atoms with E-state index in [1.54, 1.807) is 24.0 Å². The summed E-state index contributed by atoms with van der Waals surface area (Å²) in [5, 5.41) is 4.07. The smallest absolute Gasteiger partial charge is 0.140 e. The molecule has 2 rings (SSSR count). The highest BCUT2D eigenvalue weighted by atomic mass is 16.1. The normalized spacial score (nSPS) is 18.2. The van der Waals surface area contributed by atoms with Crippen molar-refractivity contribution in [1.29, 1.82) is 0 Å². The molecule has 0 aliphatic heterocycles. The first-order valence-electron chi connectivity index (χ1n) is 4.37. The first-order chi connectivity index (χ1) is 6.19. The van der Waals surface area contributed by atoms with Crippen molar-refractivity contribution in [3.63, 3.8) is 0 Å². The molecular weight excluding hydrogens is 164 g/mol. The standard InChI is InChI=1S/C10H12N2O/c1-3-12-7-9(6-11-12)10(4-5-10)8(2)13/h3,6-7H,1,4-5H2,2H3. The van der Waals surface area contributed by atoms with Crippen LogP contribution >= 0.6 is 0 Å². The highest BCUT2D eigenvalue weighted by Crippen LogP contribution is 2.48. The van der Waals surface area contributed by atoms with Crippen LogP contribution in [-0.2, 0) is 10.2 Å². The van der Waals surface area contributed by atoms with Gasteiger partial charge in [0.15, 0.2) is 0 Å². The maximum atomic E-state index is 11.4. The van der Waals surface area contributed by atoms with Gasteiger partial charge in [-0.25, -0.2) is 4.68 Å². The van der Waals surface area contributed by atoms with E-state index in [4.69, 9.17) is 0 Å². The molecule has 0 radical (unpaired) electrons. The third kappa shape index (κ3) is 1.11. The first-order valence-corrected chi connectivity index (χ1v) is 4.37. The monoisotopic (exact) mass is 176 g/mol. The lowest BCUT2D eigenvalue weighted by atomic mass is 9.95. The van der Waals surface area contributed by atoms with Crippen LogP contribution in [0.4, 0.5) is 0 Å². The Balaban J connectivity index is 2.35. The number of rotatable bonds is 3. The number of carbonyl (C=O) groups excluding carboxylic acids is 1. The van der Waals surface area contributed by atoms with Crippen LogP contribution in [0.1, 0.15) is 25.3 Å². The fourth-order valence-electron chi connectivity index (χ4n) is 1.65. The SMILES string of the molecule is C=Cn1cc(C2(C(C)=O)CC2)cn1. The largest absolute Gasteiger partial charge is 0.299 e. The molecule has 1 fully saturated rings. The van der Waals surface area contributed by atoms with Gasteiger partial charge in [-0.05, 0) is 19.8 Å². The number of nitrogens with zero attached hydrogens (tertiary/aromatic N) is 2. The van der Waals surface area contributed by atoms with Crippen molar-refractivity contribution in [3.8, 4) is 0 Å². The van der Waals surface area contributed by atoms with Gasteiger partial charge in [-0.3, -0.25) is 4.79 Å². The third-order valence-corrected chi connectivity index (χ3v) is 2.77. The molecule has 1 aliphatic carbocycles. The molecule has 1 aliphatic rings. The van der Waals surface area contributed by atoms with Gasteiger partial charge in [0.05, 0.1) is 11.6 Å². The summed E-state index contributed by atoms with van der Waals surface area (Å²) in [5.74, 6) is 0.246. The molecule has 1 aromatic heterocycles. The second-order valence-corrected chi connectivity index (χ2v) is 3.53. The van der Waals surface area contributed by atoms with Crippen LogP contribution in [0.15, 0.2) is 19.0 Å². The summed E-state index contributed by atoms with van der Waals surface area (Å²) in [6.07, 6.45) is 7.19. The van der Waals surface area contributed by atoms with E-state index in [-0.39, 0.29) is 11.2 Å². The van der Waals surface area contributed by atoms with Gasteiger partial charge in [-0.2, -0.15) is 5.10 Å². The second kappa shape index (κ2) is 2.55. The summed E-state index contributed by atoms with van der Waals surface area (Å²) in [7, 11) is 0. The molecule has 3 nitrogen and oxygen atoms in total. The molecule has 68 valence electrons. The van der Waals surface area contributed by atoms with E-state index >= 15 is 0 Å². The van der Waals surface area contributed by atoms with Gasteiger partial charge in [0.1, 0.15) is 5.78 Å². The Bertz CT molecular complexity index is 361. The van der Waals surface area contributed by atoms with E-state index in [0.717, 1.165) is 18.4 Å². The van der Waals surface area contributed by atoms with Gasteiger partial charge in [0.25, 0.3) is 0 Å². The average Bonchev–Trinajstić information content (AvgIpc) is 2.79. The predicted molar refractivity (Wildman–Crippen MR) is 50.2 cm³/mol. The van der Waals surface area contributed by atoms with Crippen LogP contribution in [0.2, 0.25) is 0 Å². The molecule has 13 heavy (non-hydrogen) atoms. The van der Waals surface area contributed by atoms with Crippen LogP contribution in [0, 0.1) is 0 Å². The Morgan fingerprint density at radius 1 is 1.77 bits per heavy atom. The Hall–Kier alpha value is -1.38. The third-order valence-electron chi connectivity index (χ3n) is 2.77. The minimum atomic E-state index is -0.207. The zero-order valence-electron chi connectivity index (χ0n) is 7.66. The lowest BCUT2D eigenvalue weighted by Crippen LogP contribution is -2.15. The molecule has 0 bridgehead atoms. The van der Waals surface area contributed by atoms with Crippen LogP contribution in [0.3, 0.4) is 0 Å². The zero-order chi connectivity index (χ0) is 9.47. The number of Topliss-reactive ketones (excluding diaryl/α,β-unsaturated/α-hetero) is 1. The molecule has 0 unspecified atom stereocenters. The number of aromatic nitrogens is 2. The molecule has 1 aromatic rings. The lowest BCUT2D eigenvalue weighted by Gasteiger charge is -2.06. The molecular formula is C10H12N2O. The molecule has 0 saturated heterocycles. The predicted octanol–water partition coefficient (Wildman–Crippen LogP) is 1.60. The van der Waals surface area contributed by atoms with E-state index in [9.17, 15) is 4.79 Å². The van der Waals surface area contributed by atoms with Crippen molar-refractivity contribution in [2.75, 3.05) is 0 Å². The Labute approximate surface area is 77.1 Å². The molecule has 0 amide bonds. The van der Waals surface area contributed by atoms with Gasteiger partial charge in [0, 0.05) is 18.0 Å². The van der Waals surface area contributed by atoms with E-state index in [2.05, 4.69) is 11.7 Å². The minimum Gasteiger partial charge on any atom is -0.299 e. The fourth-order valence-corrected chi connectivity index (χ4v) is 1.65. The van der Waals surface area contributed by atoms with E-state index in [1.807, 2.05) is 6.20 Å². The quantitative estimate of drug-likeness (QED) is 0.701. The molecule has 0 spiro atoms. The van der Waals surface area contributed by atoms with Crippen LogP contribution in [0.25, 0.3) is 6.20 Å². The maximum absolute atomic E-state index is 11.4.